The van der Waals surface area contributed by atoms with E-state index in [0.29, 0.717) is 30.6 Å². The van der Waals surface area contributed by atoms with Crippen molar-refractivity contribution >= 4 is 15.9 Å². The number of sulfonamides is 1. The standard InChI is InChI=1S/C18H29N3O3S/c1-13-7-6-8-16(14(13)2)20-18(22)17-11-15(12-19-17)25(23,24)21-9-4-3-5-10-21/h11-14,16,19H,3-10H2,1-2H3,(H,20,22). The molecule has 0 aromatic carbocycles. The van der Waals surface area contributed by atoms with Gasteiger partial charge in [-0.1, -0.05) is 33.1 Å². The molecule has 1 saturated carbocycles. The Bertz CT molecular complexity index is 707. The predicted molar refractivity (Wildman–Crippen MR) is 96.8 cm³/mol. The van der Waals surface area contributed by atoms with Crippen molar-refractivity contribution in [3.8, 4) is 0 Å². The molecule has 3 atom stereocenters. The van der Waals surface area contributed by atoms with E-state index in [1.54, 1.807) is 0 Å². The van der Waals surface area contributed by atoms with Crippen LogP contribution in [-0.4, -0.2) is 42.7 Å². The minimum absolute atomic E-state index is 0.154. The molecule has 0 spiro atoms. The van der Waals surface area contributed by atoms with Gasteiger partial charge in [0.15, 0.2) is 0 Å². The number of nitrogens with one attached hydrogen (secondary N) is 2. The van der Waals surface area contributed by atoms with Gasteiger partial charge in [0.2, 0.25) is 10.0 Å². The van der Waals surface area contributed by atoms with Gasteiger partial charge in [-0.25, -0.2) is 8.42 Å². The molecule has 0 bridgehead atoms. The Morgan fingerprint density at radius 3 is 2.60 bits per heavy atom. The highest BCUT2D eigenvalue weighted by molar-refractivity contribution is 7.89. The second-order valence-electron chi connectivity index (χ2n) is 7.56. The summed E-state index contributed by atoms with van der Waals surface area (Å²) in [5.41, 5.74) is 0.320. The number of piperidine rings is 1. The summed E-state index contributed by atoms with van der Waals surface area (Å²) < 4.78 is 26.9. The zero-order valence-electron chi connectivity index (χ0n) is 15.1. The van der Waals surface area contributed by atoms with Gasteiger partial charge >= 0.3 is 0 Å². The minimum atomic E-state index is -3.51. The third-order valence-electron chi connectivity index (χ3n) is 5.88. The number of carbonyl (C=O) groups excluding carboxylic acids is 1. The summed E-state index contributed by atoms with van der Waals surface area (Å²) in [6.45, 7) is 5.52. The van der Waals surface area contributed by atoms with Crippen molar-refractivity contribution in [2.75, 3.05) is 13.1 Å². The fraction of sp³-hybridized carbons (Fsp3) is 0.722. The first-order chi connectivity index (χ1) is 11.9. The second-order valence-corrected chi connectivity index (χ2v) is 9.50. The smallest absolute Gasteiger partial charge is 0.267 e. The first kappa shape index (κ1) is 18.5. The van der Waals surface area contributed by atoms with Crippen molar-refractivity contribution in [1.82, 2.24) is 14.6 Å². The van der Waals surface area contributed by atoms with Crippen LogP contribution in [-0.2, 0) is 10.0 Å². The molecule has 3 rings (SSSR count). The Balaban J connectivity index is 1.69. The van der Waals surface area contributed by atoms with E-state index >= 15 is 0 Å². The van der Waals surface area contributed by atoms with Crippen LogP contribution in [0.25, 0.3) is 0 Å². The lowest BCUT2D eigenvalue weighted by Crippen LogP contribution is -2.43. The maximum absolute atomic E-state index is 12.7. The molecule has 2 fully saturated rings. The number of nitrogens with zero attached hydrogens (tertiary/aromatic N) is 1. The Labute approximate surface area is 150 Å². The van der Waals surface area contributed by atoms with Crippen LogP contribution in [0, 0.1) is 11.8 Å². The van der Waals surface area contributed by atoms with Crippen molar-refractivity contribution in [3.63, 3.8) is 0 Å². The average Bonchev–Trinajstić information content (AvgIpc) is 3.11. The first-order valence-corrected chi connectivity index (χ1v) is 10.8. The van der Waals surface area contributed by atoms with Crippen molar-refractivity contribution in [2.45, 2.75) is 63.3 Å². The van der Waals surface area contributed by atoms with Crippen LogP contribution in [0.15, 0.2) is 17.2 Å². The van der Waals surface area contributed by atoms with Crippen molar-refractivity contribution in [1.29, 1.82) is 0 Å². The number of H-pyrrole nitrogens is 1. The van der Waals surface area contributed by atoms with Gasteiger partial charge in [-0.05, 0) is 37.2 Å². The Morgan fingerprint density at radius 1 is 1.16 bits per heavy atom. The quantitative estimate of drug-likeness (QED) is 0.858. The average molecular weight is 368 g/mol. The summed E-state index contributed by atoms with van der Waals surface area (Å²) in [6.07, 6.45) is 7.61. The lowest BCUT2D eigenvalue weighted by molar-refractivity contribution is 0.0886. The van der Waals surface area contributed by atoms with Crippen LogP contribution in [0.3, 0.4) is 0 Å². The highest BCUT2D eigenvalue weighted by Gasteiger charge is 2.30. The number of carbonyl (C=O) groups is 1. The number of aromatic amines is 1. The molecule has 3 unspecified atom stereocenters. The van der Waals surface area contributed by atoms with Gasteiger partial charge in [0.25, 0.3) is 5.91 Å². The van der Waals surface area contributed by atoms with Gasteiger partial charge in [-0.15, -0.1) is 0 Å². The SMILES string of the molecule is CC1CCCC(NC(=O)c2cc(S(=O)(=O)N3CCCCC3)c[nH]2)C1C. The van der Waals surface area contributed by atoms with Crippen LogP contribution in [0.1, 0.15) is 62.9 Å². The molecule has 2 aliphatic rings. The molecular formula is C18H29N3O3S. The second kappa shape index (κ2) is 7.50. The van der Waals surface area contributed by atoms with Crippen LogP contribution in [0.5, 0.6) is 0 Å². The van der Waals surface area contributed by atoms with Crippen molar-refractivity contribution in [3.05, 3.63) is 18.0 Å². The van der Waals surface area contributed by atoms with Crippen LogP contribution < -0.4 is 5.32 Å². The largest absolute Gasteiger partial charge is 0.356 e. The highest BCUT2D eigenvalue weighted by atomic mass is 32.2. The summed E-state index contributed by atoms with van der Waals surface area (Å²) in [5.74, 6) is 0.813. The molecule has 2 heterocycles. The van der Waals surface area contributed by atoms with Crippen molar-refractivity contribution < 1.29 is 13.2 Å². The number of aromatic nitrogens is 1. The van der Waals surface area contributed by atoms with E-state index in [9.17, 15) is 13.2 Å². The van der Waals surface area contributed by atoms with E-state index in [4.69, 9.17) is 0 Å². The first-order valence-electron chi connectivity index (χ1n) is 9.39. The predicted octanol–water partition coefficient (Wildman–Crippen LogP) is 2.74. The fourth-order valence-corrected chi connectivity index (χ4v) is 5.45. The van der Waals surface area contributed by atoms with Crippen LogP contribution in [0.4, 0.5) is 0 Å². The molecular weight excluding hydrogens is 338 g/mol. The van der Waals surface area contributed by atoms with E-state index in [0.717, 1.165) is 32.1 Å². The topological polar surface area (TPSA) is 82.3 Å². The van der Waals surface area contributed by atoms with Gasteiger partial charge in [-0.3, -0.25) is 4.79 Å². The third kappa shape index (κ3) is 3.92. The zero-order valence-corrected chi connectivity index (χ0v) is 15.9. The van der Waals surface area contributed by atoms with Crippen LogP contribution >= 0.6 is 0 Å². The van der Waals surface area contributed by atoms with Gasteiger partial charge in [0, 0.05) is 25.3 Å². The summed E-state index contributed by atoms with van der Waals surface area (Å²) in [5, 5.41) is 3.08. The molecule has 1 amide bonds. The Kier molecular flexibility index (Phi) is 5.53. The zero-order chi connectivity index (χ0) is 18.0. The lowest BCUT2D eigenvalue weighted by atomic mass is 9.78. The van der Waals surface area contributed by atoms with E-state index in [1.807, 2.05) is 0 Å². The number of hydrogen-bond acceptors (Lipinski definition) is 3. The number of rotatable bonds is 4. The van der Waals surface area contributed by atoms with E-state index < -0.39 is 10.0 Å². The number of hydrogen-bond donors (Lipinski definition) is 2. The van der Waals surface area contributed by atoms with E-state index in [-0.39, 0.29) is 16.8 Å². The van der Waals surface area contributed by atoms with Gasteiger partial charge in [0.05, 0.1) is 0 Å². The van der Waals surface area contributed by atoms with Gasteiger partial charge in [-0.2, -0.15) is 4.31 Å². The summed E-state index contributed by atoms with van der Waals surface area (Å²) >= 11 is 0. The van der Waals surface area contributed by atoms with Gasteiger partial charge < -0.3 is 10.3 Å². The Hall–Kier alpha value is -1.34. The molecule has 1 aromatic rings. The number of amides is 1. The molecule has 140 valence electrons. The maximum Gasteiger partial charge on any atom is 0.267 e. The normalized spacial score (nSPS) is 28.6. The van der Waals surface area contributed by atoms with E-state index in [2.05, 4.69) is 24.1 Å². The molecule has 2 N–H and O–H groups in total. The molecule has 25 heavy (non-hydrogen) atoms. The molecule has 1 aliphatic heterocycles. The molecule has 7 heteroatoms. The molecule has 6 nitrogen and oxygen atoms in total. The Morgan fingerprint density at radius 2 is 1.88 bits per heavy atom. The maximum atomic E-state index is 12.7. The highest BCUT2D eigenvalue weighted by Crippen LogP contribution is 2.29. The molecule has 1 aliphatic carbocycles. The lowest BCUT2D eigenvalue weighted by Gasteiger charge is -2.34. The van der Waals surface area contributed by atoms with Crippen LogP contribution in [0.2, 0.25) is 0 Å². The fourth-order valence-electron chi connectivity index (χ4n) is 3.94. The monoisotopic (exact) mass is 367 g/mol. The van der Waals surface area contributed by atoms with Crippen molar-refractivity contribution in [2.24, 2.45) is 11.8 Å². The third-order valence-corrected chi connectivity index (χ3v) is 7.75. The minimum Gasteiger partial charge on any atom is -0.356 e. The molecule has 1 aromatic heterocycles. The summed E-state index contributed by atoms with van der Waals surface area (Å²) in [6, 6.07) is 1.62. The molecule has 0 radical (unpaired) electrons. The van der Waals surface area contributed by atoms with E-state index in [1.165, 1.54) is 23.0 Å². The summed E-state index contributed by atoms with van der Waals surface area (Å²) in [4.78, 5) is 15.6. The summed E-state index contributed by atoms with van der Waals surface area (Å²) in [7, 11) is -3.51. The molecule has 1 saturated heterocycles. The van der Waals surface area contributed by atoms with Gasteiger partial charge in [0.1, 0.15) is 10.6 Å².